The summed E-state index contributed by atoms with van der Waals surface area (Å²) in [5.74, 6) is 1.27. The van der Waals surface area contributed by atoms with Crippen molar-refractivity contribution in [2.75, 3.05) is 6.61 Å². The standard InChI is InChI=1S/C33H29N5O6S/c34-45(40,41)28-12-6-23(7-13-28)19-35-20-30-29-5-2-1-4-24(29)9-14-31(30)43-22-26-21-38(37-36-26)16-3-17-42-27-11-8-25-10-15-33(39)44-32(25)18-27/h1-2,4-15,18,20-21H,3,16-17,19,22H2,(H2,34,40,41). The maximum atomic E-state index is 11.5. The quantitative estimate of drug-likeness (QED) is 0.115. The maximum Gasteiger partial charge on any atom is 0.336 e. The van der Waals surface area contributed by atoms with Crippen LogP contribution in [0.3, 0.4) is 0 Å². The lowest BCUT2D eigenvalue weighted by Gasteiger charge is -2.11. The molecule has 0 atom stereocenters. The first-order valence-corrected chi connectivity index (χ1v) is 15.7. The number of nitrogens with two attached hydrogens (primary N) is 1. The van der Waals surface area contributed by atoms with Gasteiger partial charge in [-0.15, -0.1) is 5.10 Å². The lowest BCUT2D eigenvalue weighted by Crippen LogP contribution is -2.11. The van der Waals surface area contributed by atoms with E-state index in [9.17, 15) is 13.2 Å². The zero-order chi connectivity index (χ0) is 31.2. The predicted molar refractivity (Wildman–Crippen MR) is 170 cm³/mol. The number of primary sulfonamides is 1. The second-order valence-electron chi connectivity index (χ2n) is 10.3. The van der Waals surface area contributed by atoms with Gasteiger partial charge >= 0.3 is 5.63 Å². The second-order valence-corrected chi connectivity index (χ2v) is 11.8. The minimum absolute atomic E-state index is 0.0589. The van der Waals surface area contributed by atoms with Gasteiger partial charge in [-0.25, -0.2) is 18.4 Å². The maximum absolute atomic E-state index is 11.5. The molecule has 4 aromatic carbocycles. The molecule has 2 N–H and O–H groups in total. The van der Waals surface area contributed by atoms with Gasteiger partial charge in [-0.3, -0.25) is 9.67 Å². The van der Waals surface area contributed by atoms with Gasteiger partial charge in [-0.1, -0.05) is 47.7 Å². The molecule has 0 amide bonds. The number of hydrogen-bond donors (Lipinski definition) is 1. The lowest BCUT2D eigenvalue weighted by atomic mass is 10.0. The SMILES string of the molecule is NS(=O)(=O)c1ccc(CN=Cc2c(OCc3cn(CCCOc4ccc5ccc(=O)oc5c4)nn3)ccc3ccccc23)cc1. The predicted octanol–water partition coefficient (Wildman–Crippen LogP) is 4.85. The van der Waals surface area contributed by atoms with Gasteiger partial charge in [0.2, 0.25) is 10.0 Å². The Hall–Kier alpha value is -5.33. The largest absolute Gasteiger partial charge is 0.493 e. The Morgan fingerprint density at radius 1 is 0.933 bits per heavy atom. The van der Waals surface area contributed by atoms with Crippen molar-refractivity contribution >= 4 is 38.0 Å². The summed E-state index contributed by atoms with van der Waals surface area (Å²) in [6.07, 6.45) is 4.30. The molecule has 11 nitrogen and oxygen atoms in total. The molecule has 0 unspecified atom stereocenters. The van der Waals surface area contributed by atoms with Crippen LogP contribution in [0.4, 0.5) is 0 Å². The molecule has 0 aliphatic rings. The number of nitrogens with zero attached hydrogens (tertiary/aromatic N) is 4. The Morgan fingerprint density at radius 2 is 1.73 bits per heavy atom. The Kier molecular flexibility index (Phi) is 8.67. The molecule has 12 heteroatoms. The van der Waals surface area contributed by atoms with Crippen LogP contribution in [0.2, 0.25) is 0 Å². The third-order valence-corrected chi connectivity index (χ3v) is 7.96. The summed E-state index contributed by atoms with van der Waals surface area (Å²) < 4.78 is 42.0. The molecule has 228 valence electrons. The Balaban J connectivity index is 1.06. The number of aromatic nitrogens is 3. The van der Waals surface area contributed by atoms with E-state index in [4.69, 9.17) is 19.0 Å². The van der Waals surface area contributed by atoms with Crippen molar-refractivity contribution in [3.63, 3.8) is 0 Å². The fraction of sp³-hybridized carbons (Fsp3) is 0.152. The van der Waals surface area contributed by atoms with Crippen LogP contribution in [0, 0.1) is 0 Å². The monoisotopic (exact) mass is 623 g/mol. The van der Waals surface area contributed by atoms with Crippen molar-refractivity contribution < 1.29 is 22.3 Å². The molecule has 0 aliphatic heterocycles. The molecule has 0 fully saturated rings. The fourth-order valence-electron chi connectivity index (χ4n) is 4.77. The molecule has 45 heavy (non-hydrogen) atoms. The molecule has 6 rings (SSSR count). The minimum atomic E-state index is -3.75. The van der Waals surface area contributed by atoms with Crippen LogP contribution >= 0.6 is 0 Å². The van der Waals surface area contributed by atoms with E-state index in [1.807, 2.05) is 54.7 Å². The molecule has 6 aromatic rings. The molecular formula is C33H29N5O6S. The zero-order valence-electron chi connectivity index (χ0n) is 24.1. The highest BCUT2D eigenvalue weighted by atomic mass is 32.2. The van der Waals surface area contributed by atoms with Gasteiger partial charge in [0.1, 0.15) is 29.4 Å². The first-order chi connectivity index (χ1) is 21.8. The zero-order valence-corrected chi connectivity index (χ0v) is 24.9. The number of aryl methyl sites for hydroxylation is 1. The molecular weight excluding hydrogens is 594 g/mol. The first kappa shape index (κ1) is 29.7. The van der Waals surface area contributed by atoms with E-state index in [0.717, 1.165) is 27.3 Å². The number of rotatable bonds is 12. The van der Waals surface area contributed by atoms with Crippen molar-refractivity contribution in [3.05, 3.63) is 124 Å². The summed E-state index contributed by atoms with van der Waals surface area (Å²) in [5, 5.41) is 16.5. The summed E-state index contributed by atoms with van der Waals surface area (Å²) in [6, 6.07) is 26.7. The van der Waals surface area contributed by atoms with Crippen molar-refractivity contribution in [3.8, 4) is 11.5 Å². The highest BCUT2D eigenvalue weighted by molar-refractivity contribution is 7.89. The Labute approximate surface area is 258 Å². The van der Waals surface area contributed by atoms with Crippen LogP contribution < -0.4 is 20.2 Å². The Morgan fingerprint density at radius 3 is 2.58 bits per heavy atom. The molecule has 0 radical (unpaired) electrons. The van der Waals surface area contributed by atoms with Gasteiger partial charge in [0, 0.05) is 42.3 Å². The van der Waals surface area contributed by atoms with Crippen LogP contribution in [0.15, 0.2) is 116 Å². The van der Waals surface area contributed by atoms with E-state index in [2.05, 4.69) is 15.3 Å². The van der Waals surface area contributed by atoms with E-state index in [0.29, 0.717) is 48.9 Å². The van der Waals surface area contributed by atoms with E-state index < -0.39 is 15.6 Å². The highest BCUT2D eigenvalue weighted by Gasteiger charge is 2.10. The molecule has 2 aromatic heterocycles. The van der Waals surface area contributed by atoms with Crippen LogP contribution in [-0.4, -0.2) is 36.2 Å². The van der Waals surface area contributed by atoms with Crippen LogP contribution in [-0.2, 0) is 29.7 Å². The van der Waals surface area contributed by atoms with Gasteiger partial charge in [0.25, 0.3) is 0 Å². The number of fused-ring (bicyclic) bond motifs is 2. The third-order valence-electron chi connectivity index (χ3n) is 7.03. The van der Waals surface area contributed by atoms with Crippen molar-refractivity contribution in [2.45, 2.75) is 31.0 Å². The number of benzene rings is 4. The van der Waals surface area contributed by atoms with Gasteiger partial charge in [0.15, 0.2) is 0 Å². The summed E-state index contributed by atoms with van der Waals surface area (Å²) in [6.45, 7) is 1.61. The molecule has 0 saturated carbocycles. The topological polar surface area (TPSA) is 152 Å². The molecule has 2 heterocycles. The first-order valence-electron chi connectivity index (χ1n) is 14.1. The number of aliphatic imine (C=N–C) groups is 1. The average Bonchev–Trinajstić information content (AvgIpc) is 3.50. The lowest BCUT2D eigenvalue weighted by molar-refractivity contribution is 0.297. The summed E-state index contributed by atoms with van der Waals surface area (Å²) in [7, 11) is -3.75. The third kappa shape index (κ3) is 7.43. The van der Waals surface area contributed by atoms with E-state index >= 15 is 0 Å². The second kappa shape index (κ2) is 13.1. The van der Waals surface area contributed by atoms with Gasteiger partial charge in [-0.05, 0) is 52.7 Å². The summed E-state index contributed by atoms with van der Waals surface area (Å²) >= 11 is 0. The number of hydrogen-bond acceptors (Lipinski definition) is 9. The van der Waals surface area contributed by atoms with Crippen molar-refractivity contribution in [2.24, 2.45) is 10.1 Å². The van der Waals surface area contributed by atoms with E-state index in [-0.39, 0.29) is 11.5 Å². The van der Waals surface area contributed by atoms with Crippen molar-refractivity contribution in [1.29, 1.82) is 0 Å². The van der Waals surface area contributed by atoms with Gasteiger partial charge in [-0.2, -0.15) is 0 Å². The average molecular weight is 624 g/mol. The van der Waals surface area contributed by atoms with Gasteiger partial charge < -0.3 is 13.9 Å². The molecule has 0 saturated heterocycles. The van der Waals surface area contributed by atoms with E-state index in [1.54, 1.807) is 35.2 Å². The van der Waals surface area contributed by atoms with Crippen LogP contribution in [0.1, 0.15) is 23.2 Å². The Bertz CT molecular complexity index is 2160. The van der Waals surface area contributed by atoms with E-state index in [1.165, 1.54) is 18.2 Å². The highest BCUT2D eigenvalue weighted by Crippen LogP contribution is 2.27. The minimum Gasteiger partial charge on any atom is -0.493 e. The normalized spacial score (nSPS) is 11.8. The number of sulfonamides is 1. The summed E-state index contributed by atoms with van der Waals surface area (Å²) in [5.41, 5.74) is 2.43. The van der Waals surface area contributed by atoms with Gasteiger partial charge in [0.05, 0.1) is 24.2 Å². The number of ether oxygens (including phenoxy) is 2. The molecule has 0 bridgehead atoms. The van der Waals surface area contributed by atoms with Crippen LogP contribution in [0.5, 0.6) is 11.5 Å². The smallest absolute Gasteiger partial charge is 0.336 e. The van der Waals surface area contributed by atoms with Crippen LogP contribution in [0.25, 0.3) is 21.7 Å². The summed E-state index contributed by atoms with van der Waals surface area (Å²) in [4.78, 5) is 16.1. The van der Waals surface area contributed by atoms with Crippen molar-refractivity contribution in [1.82, 2.24) is 15.0 Å². The molecule has 0 aliphatic carbocycles. The fourth-order valence-corrected chi connectivity index (χ4v) is 5.29. The molecule has 0 spiro atoms.